The summed E-state index contributed by atoms with van der Waals surface area (Å²) in [5.74, 6) is 0. The number of hydrogen-bond donors (Lipinski definition) is 2. The molecule has 2 N–H and O–H groups in total. The maximum Gasteiger partial charge on any atom is 0.0613 e. The molecule has 1 aromatic rings. The van der Waals surface area contributed by atoms with Gasteiger partial charge in [-0.3, -0.25) is 4.68 Å². The van der Waals surface area contributed by atoms with Crippen molar-refractivity contribution in [1.29, 1.82) is 0 Å². The molecule has 18 heavy (non-hydrogen) atoms. The second kappa shape index (κ2) is 5.85. The molecule has 0 radical (unpaired) electrons. The van der Waals surface area contributed by atoms with Crippen molar-refractivity contribution < 1.29 is 5.11 Å². The second-order valence-corrected chi connectivity index (χ2v) is 5.59. The molecule has 2 rings (SSSR count). The Kier molecular flexibility index (Phi) is 4.40. The lowest BCUT2D eigenvalue weighted by molar-refractivity contribution is 0.140. The molecule has 1 aliphatic carbocycles. The molecule has 1 aliphatic rings. The fraction of sp³-hybridized carbons (Fsp3) is 0.786. The first kappa shape index (κ1) is 13.6. The lowest BCUT2D eigenvalue weighted by Crippen LogP contribution is -2.49. The molecule has 0 aromatic carbocycles. The van der Waals surface area contributed by atoms with Gasteiger partial charge in [-0.05, 0) is 44.6 Å². The molecule has 1 atom stereocenters. The predicted molar refractivity (Wildman–Crippen MR) is 72.5 cm³/mol. The van der Waals surface area contributed by atoms with Gasteiger partial charge in [0, 0.05) is 24.3 Å². The van der Waals surface area contributed by atoms with Crippen LogP contribution in [0.5, 0.6) is 0 Å². The second-order valence-electron chi connectivity index (χ2n) is 5.59. The van der Waals surface area contributed by atoms with Crippen molar-refractivity contribution in [2.24, 2.45) is 0 Å². The Hall–Kier alpha value is -0.870. The Labute approximate surface area is 109 Å². The van der Waals surface area contributed by atoms with Gasteiger partial charge in [0.25, 0.3) is 0 Å². The third-order valence-electron chi connectivity index (χ3n) is 3.87. The van der Waals surface area contributed by atoms with Crippen LogP contribution in [0.3, 0.4) is 0 Å². The maximum atomic E-state index is 9.67. The first-order valence-corrected chi connectivity index (χ1v) is 7.05. The van der Waals surface area contributed by atoms with E-state index in [1.807, 2.05) is 10.9 Å². The molecule has 4 nitrogen and oxygen atoms in total. The van der Waals surface area contributed by atoms with Crippen LogP contribution in [0.4, 0.5) is 0 Å². The summed E-state index contributed by atoms with van der Waals surface area (Å²) in [6, 6.07) is 0.643. The van der Waals surface area contributed by atoms with Gasteiger partial charge in [0.15, 0.2) is 0 Å². The van der Waals surface area contributed by atoms with Crippen molar-refractivity contribution in [2.45, 2.75) is 64.1 Å². The number of aliphatic hydroxyl groups is 1. The molecule has 1 fully saturated rings. The predicted octanol–water partition coefficient (Wildman–Crippen LogP) is 1.86. The van der Waals surface area contributed by atoms with Gasteiger partial charge in [-0.15, -0.1) is 0 Å². The van der Waals surface area contributed by atoms with Crippen LogP contribution in [0.2, 0.25) is 0 Å². The molecule has 0 amide bonds. The van der Waals surface area contributed by atoms with Gasteiger partial charge in [0.05, 0.1) is 12.8 Å². The maximum absolute atomic E-state index is 9.67. The topological polar surface area (TPSA) is 50.1 Å². The van der Waals surface area contributed by atoms with E-state index in [1.54, 1.807) is 0 Å². The Balaban J connectivity index is 1.81. The molecule has 0 spiro atoms. The number of aromatic nitrogens is 2. The van der Waals surface area contributed by atoms with E-state index in [0.717, 1.165) is 25.8 Å². The van der Waals surface area contributed by atoms with Crippen LogP contribution < -0.4 is 5.32 Å². The van der Waals surface area contributed by atoms with Gasteiger partial charge in [-0.25, -0.2) is 0 Å². The zero-order valence-electron chi connectivity index (χ0n) is 11.5. The molecule has 1 saturated carbocycles. The molecule has 1 unspecified atom stereocenters. The standard InChI is InChI=1S/C14H25N3O/c1-3-14(11-18,16-13-5-6-13)7-4-8-17-10-12(2)9-15-17/h9-10,13,16,18H,3-8,11H2,1-2H3. The van der Waals surface area contributed by atoms with Crippen molar-refractivity contribution in [3.8, 4) is 0 Å². The van der Waals surface area contributed by atoms with Crippen LogP contribution >= 0.6 is 0 Å². The van der Waals surface area contributed by atoms with Crippen LogP contribution in [0, 0.1) is 6.92 Å². The fourth-order valence-corrected chi connectivity index (χ4v) is 2.42. The van der Waals surface area contributed by atoms with E-state index >= 15 is 0 Å². The largest absolute Gasteiger partial charge is 0.394 e. The van der Waals surface area contributed by atoms with Gasteiger partial charge in [0.2, 0.25) is 0 Å². The fourth-order valence-electron chi connectivity index (χ4n) is 2.42. The quantitative estimate of drug-likeness (QED) is 0.741. The Morgan fingerprint density at radius 1 is 1.56 bits per heavy atom. The number of aliphatic hydroxyl groups excluding tert-OH is 1. The van der Waals surface area contributed by atoms with Crippen molar-refractivity contribution in [3.05, 3.63) is 18.0 Å². The van der Waals surface area contributed by atoms with Crippen molar-refractivity contribution >= 4 is 0 Å². The number of nitrogens with zero attached hydrogens (tertiary/aromatic N) is 2. The van der Waals surface area contributed by atoms with Crippen LogP contribution in [0.25, 0.3) is 0 Å². The van der Waals surface area contributed by atoms with E-state index in [-0.39, 0.29) is 12.1 Å². The summed E-state index contributed by atoms with van der Waals surface area (Å²) in [4.78, 5) is 0. The van der Waals surface area contributed by atoms with Gasteiger partial charge < -0.3 is 10.4 Å². The lowest BCUT2D eigenvalue weighted by atomic mass is 9.91. The lowest BCUT2D eigenvalue weighted by Gasteiger charge is -2.32. The number of nitrogens with one attached hydrogen (secondary N) is 1. The minimum Gasteiger partial charge on any atom is -0.394 e. The highest BCUT2D eigenvalue weighted by molar-refractivity contribution is 4.99. The highest BCUT2D eigenvalue weighted by Gasteiger charge is 2.33. The highest BCUT2D eigenvalue weighted by Crippen LogP contribution is 2.26. The normalized spacial score (nSPS) is 18.8. The monoisotopic (exact) mass is 251 g/mol. The Morgan fingerprint density at radius 3 is 2.83 bits per heavy atom. The molecule has 102 valence electrons. The number of hydrogen-bond acceptors (Lipinski definition) is 3. The van der Waals surface area contributed by atoms with E-state index in [0.29, 0.717) is 6.04 Å². The van der Waals surface area contributed by atoms with Crippen molar-refractivity contribution in [1.82, 2.24) is 15.1 Å². The molecule has 0 aliphatic heterocycles. The van der Waals surface area contributed by atoms with E-state index < -0.39 is 0 Å². The first-order valence-electron chi connectivity index (χ1n) is 7.05. The minimum atomic E-state index is -0.0800. The average Bonchev–Trinajstić information content (AvgIpc) is 3.09. The molecule has 0 saturated heterocycles. The van der Waals surface area contributed by atoms with Crippen LogP contribution in [-0.2, 0) is 6.54 Å². The van der Waals surface area contributed by atoms with Gasteiger partial charge in [0.1, 0.15) is 0 Å². The van der Waals surface area contributed by atoms with Crippen LogP contribution in [0.1, 0.15) is 44.6 Å². The summed E-state index contributed by atoms with van der Waals surface area (Å²) in [6.07, 6.45) is 9.53. The molecule has 4 heteroatoms. The third kappa shape index (κ3) is 3.56. The summed E-state index contributed by atoms with van der Waals surface area (Å²) in [6.45, 7) is 5.38. The SMILES string of the molecule is CCC(CO)(CCCn1cc(C)cn1)NC1CC1. The van der Waals surface area contributed by atoms with Crippen LogP contribution in [0.15, 0.2) is 12.4 Å². The molecular formula is C14H25N3O. The first-order chi connectivity index (χ1) is 8.67. The number of rotatable bonds is 8. The summed E-state index contributed by atoms with van der Waals surface area (Å²) in [5.41, 5.74) is 1.12. The average molecular weight is 251 g/mol. The van der Waals surface area contributed by atoms with Crippen LogP contribution in [-0.4, -0.2) is 33.1 Å². The van der Waals surface area contributed by atoms with Gasteiger partial charge >= 0.3 is 0 Å². The van der Waals surface area contributed by atoms with Crippen molar-refractivity contribution in [3.63, 3.8) is 0 Å². The highest BCUT2D eigenvalue weighted by atomic mass is 16.3. The molecule has 1 heterocycles. The molecule has 1 aromatic heterocycles. The Morgan fingerprint density at radius 2 is 2.33 bits per heavy atom. The third-order valence-corrected chi connectivity index (χ3v) is 3.87. The zero-order valence-corrected chi connectivity index (χ0v) is 11.5. The Bertz CT molecular complexity index is 367. The summed E-state index contributed by atoms with van der Waals surface area (Å²) >= 11 is 0. The molecular weight excluding hydrogens is 226 g/mol. The van der Waals surface area contributed by atoms with E-state index in [1.165, 1.54) is 18.4 Å². The minimum absolute atomic E-state index is 0.0800. The van der Waals surface area contributed by atoms with Gasteiger partial charge in [-0.1, -0.05) is 6.92 Å². The zero-order chi connectivity index (χ0) is 13.0. The summed E-state index contributed by atoms with van der Waals surface area (Å²) in [5, 5.41) is 17.6. The number of aryl methyl sites for hydroxylation is 2. The smallest absolute Gasteiger partial charge is 0.0613 e. The van der Waals surface area contributed by atoms with E-state index in [4.69, 9.17) is 0 Å². The van der Waals surface area contributed by atoms with Crippen molar-refractivity contribution in [2.75, 3.05) is 6.61 Å². The summed E-state index contributed by atoms with van der Waals surface area (Å²) < 4.78 is 1.99. The van der Waals surface area contributed by atoms with Gasteiger partial charge in [-0.2, -0.15) is 5.10 Å². The molecule has 0 bridgehead atoms. The summed E-state index contributed by atoms with van der Waals surface area (Å²) in [7, 11) is 0. The van der Waals surface area contributed by atoms with E-state index in [2.05, 4.69) is 30.5 Å². The van der Waals surface area contributed by atoms with E-state index in [9.17, 15) is 5.11 Å².